The Labute approximate surface area is 160 Å². The SMILES string of the molecule is CN=C(NCc1ccc(C(N)=O)o1)NCC1(N2CCOCC2)CCCCC1. The predicted molar refractivity (Wildman–Crippen MR) is 104 cm³/mol. The smallest absolute Gasteiger partial charge is 0.284 e. The van der Waals surface area contributed by atoms with Crippen LogP contribution in [-0.2, 0) is 11.3 Å². The van der Waals surface area contributed by atoms with Gasteiger partial charge in [-0.25, -0.2) is 0 Å². The first-order chi connectivity index (χ1) is 13.1. The van der Waals surface area contributed by atoms with Gasteiger partial charge in [-0.2, -0.15) is 0 Å². The first-order valence-corrected chi connectivity index (χ1v) is 9.79. The summed E-state index contributed by atoms with van der Waals surface area (Å²) in [5, 5.41) is 6.75. The summed E-state index contributed by atoms with van der Waals surface area (Å²) in [4.78, 5) is 18.1. The molecule has 1 aliphatic heterocycles. The lowest BCUT2D eigenvalue weighted by molar-refractivity contribution is -0.0352. The Morgan fingerprint density at radius 3 is 2.59 bits per heavy atom. The van der Waals surface area contributed by atoms with Crippen LogP contribution in [0.3, 0.4) is 0 Å². The van der Waals surface area contributed by atoms with Gasteiger partial charge in [0.05, 0.1) is 19.8 Å². The van der Waals surface area contributed by atoms with Crippen molar-refractivity contribution in [2.75, 3.05) is 39.9 Å². The molecule has 1 saturated carbocycles. The van der Waals surface area contributed by atoms with Crippen LogP contribution in [-0.4, -0.2) is 62.2 Å². The molecule has 0 unspecified atom stereocenters. The summed E-state index contributed by atoms with van der Waals surface area (Å²) in [6.45, 7) is 4.92. The zero-order chi connectivity index (χ0) is 19.1. The van der Waals surface area contributed by atoms with Crippen LogP contribution in [0.1, 0.15) is 48.4 Å². The number of carbonyl (C=O) groups is 1. The fourth-order valence-electron chi connectivity index (χ4n) is 4.10. The molecule has 0 aromatic carbocycles. The van der Waals surface area contributed by atoms with Gasteiger partial charge in [0, 0.05) is 32.2 Å². The minimum atomic E-state index is -0.562. The number of aliphatic imine (C=N–C) groups is 1. The van der Waals surface area contributed by atoms with Gasteiger partial charge in [0.1, 0.15) is 5.76 Å². The van der Waals surface area contributed by atoms with Gasteiger partial charge in [-0.1, -0.05) is 19.3 Å². The van der Waals surface area contributed by atoms with E-state index in [2.05, 4.69) is 20.5 Å². The second kappa shape index (κ2) is 9.23. The molecule has 3 rings (SSSR count). The monoisotopic (exact) mass is 377 g/mol. The Bertz CT molecular complexity index is 646. The molecule has 150 valence electrons. The van der Waals surface area contributed by atoms with Crippen molar-refractivity contribution in [3.63, 3.8) is 0 Å². The van der Waals surface area contributed by atoms with Gasteiger partial charge in [0.15, 0.2) is 11.7 Å². The molecule has 8 nitrogen and oxygen atoms in total. The van der Waals surface area contributed by atoms with E-state index in [1.807, 2.05) is 0 Å². The number of primary amides is 1. The van der Waals surface area contributed by atoms with Crippen molar-refractivity contribution in [3.05, 3.63) is 23.7 Å². The quantitative estimate of drug-likeness (QED) is 0.506. The molecule has 0 atom stereocenters. The summed E-state index contributed by atoms with van der Waals surface area (Å²) in [5.74, 6) is 0.981. The van der Waals surface area contributed by atoms with Gasteiger partial charge in [-0.05, 0) is 25.0 Å². The lowest BCUT2D eigenvalue weighted by Gasteiger charge is -2.48. The minimum Gasteiger partial charge on any atom is -0.454 e. The Kier molecular flexibility index (Phi) is 6.73. The van der Waals surface area contributed by atoms with Crippen LogP contribution < -0.4 is 16.4 Å². The molecule has 2 aliphatic rings. The van der Waals surface area contributed by atoms with E-state index < -0.39 is 5.91 Å². The molecule has 1 aromatic rings. The zero-order valence-electron chi connectivity index (χ0n) is 16.1. The lowest BCUT2D eigenvalue weighted by atomic mass is 9.80. The van der Waals surface area contributed by atoms with Crippen LogP contribution in [0.4, 0.5) is 0 Å². The van der Waals surface area contributed by atoms with Crippen molar-refractivity contribution in [1.82, 2.24) is 15.5 Å². The average Bonchev–Trinajstić information content (AvgIpc) is 3.19. The number of guanidine groups is 1. The molecule has 0 bridgehead atoms. The first kappa shape index (κ1) is 19.7. The van der Waals surface area contributed by atoms with Crippen molar-refractivity contribution in [2.24, 2.45) is 10.7 Å². The predicted octanol–water partition coefficient (Wildman–Crippen LogP) is 1.08. The number of nitrogens with two attached hydrogens (primary N) is 1. The number of morpholine rings is 1. The number of hydrogen-bond donors (Lipinski definition) is 3. The van der Waals surface area contributed by atoms with Crippen LogP contribution in [0.2, 0.25) is 0 Å². The molecule has 1 aromatic heterocycles. The average molecular weight is 377 g/mol. The van der Waals surface area contributed by atoms with E-state index in [4.69, 9.17) is 14.9 Å². The van der Waals surface area contributed by atoms with E-state index in [-0.39, 0.29) is 11.3 Å². The highest BCUT2D eigenvalue weighted by molar-refractivity contribution is 5.89. The first-order valence-electron chi connectivity index (χ1n) is 9.79. The maximum absolute atomic E-state index is 11.1. The highest BCUT2D eigenvalue weighted by atomic mass is 16.5. The van der Waals surface area contributed by atoms with Crippen LogP contribution in [0.15, 0.2) is 21.5 Å². The normalized spacial score (nSPS) is 21.0. The van der Waals surface area contributed by atoms with Gasteiger partial charge < -0.3 is 25.5 Å². The van der Waals surface area contributed by atoms with Crippen molar-refractivity contribution < 1.29 is 13.9 Å². The van der Waals surface area contributed by atoms with Crippen LogP contribution in [0, 0.1) is 0 Å². The molecular formula is C19H31N5O3. The number of nitrogens with one attached hydrogen (secondary N) is 2. The van der Waals surface area contributed by atoms with Gasteiger partial charge in [-0.3, -0.25) is 14.7 Å². The van der Waals surface area contributed by atoms with Crippen molar-refractivity contribution in [3.8, 4) is 0 Å². The van der Waals surface area contributed by atoms with Gasteiger partial charge in [-0.15, -0.1) is 0 Å². The molecule has 0 radical (unpaired) electrons. The minimum absolute atomic E-state index is 0.170. The summed E-state index contributed by atoms with van der Waals surface area (Å²) in [5.41, 5.74) is 5.39. The molecule has 8 heteroatoms. The summed E-state index contributed by atoms with van der Waals surface area (Å²) >= 11 is 0. The molecule has 2 heterocycles. The van der Waals surface area contributed by atoms with E-state index in [9.17, 15) is 4.79 Å². The largest absolute Gasteiger partial charge is 0.454 e. The summed E-state index contributed by atoms with van der Waals surface area (Å²) in [7, 11) is 1.76. The maximum atomic E-state index is 11.1. The maximum Gasteiger partial charge on any atom is 0.284 e. The van der Waals surface area contributed by atoms with E-state index in [1.165, 1.54) is 32.1 Å². The second-order valence-electron chi connectivity index (χ2n) is 7.29. The number of ether oxygens (including phenoxy) is 1. The van der Waals surface area contributed by atoms with E-state index >= 15 is 0 Å². The van der Waals surface area contributed by atoms with Crippen molar-refractivity contribution in [1.29, 1.82) is 0 Å². The summed E-state index contributed by atoms with van der Waals surface area (Å²) in [6.07, 6.45) is 6.27. The lowest BCUT2D eigenvalue weighted by Crippen LogP contribution is -2.60. The Morgan fingerprint density at radius 2 is 1.96 bits per heavy atom. The molecule has 2 fully saturated rings. The van der Waals surface area contributed by atoms with Crippen LogP contribution in [0.5, 0.6) is 0 Å². The highest BCUT2D eigenvalue weighted by Gasteiger charge is 2.38. The molecule has 0 spiro atoms. The standard InChI is InChI=1S/C19H31N5O3/c1-21-18(22-13-15-5-6-16(27-15)17(20)25)23-14-19(7-3-2-4-8-19)24-9-11-26-12-10-24/h5-6H,2-4,7-14H2,1H3,(H2,20,25)(H2,21,22,23). The number of amides is 1. The molecule has 1 saturated heterocycles. The van der Waals surface area contributed by atoms with E-state index in [1.54, 1.807) is 19.2 Å². The number of rotatable bonds is 6. The van der Waals surface area contributed by atoms with Gasteiger partial charge in [0.2, 0.25) is 0 Å². The highest BCUT2D eigenvalue weighted by Crippen LogP contribution is 2.33. The Balaban J connectivity index is 1.56. The zero-order valence-corrected chi connectivity index (χ0v) is 16.1. The number of nitrogens with zero attached hydrogens (tertiary/aromatic N) is 2. The third-order valence-corrected chi connectivity index (χ3v) is 5.61. The topological polar surface area (TPSA) is 105 Å². The van der Waals surface area contributed by atoms with Crippen molar-refractivity contribution in [2.45, 2.75) is 44.2 Å². The second-order valence-corrected chi connectivity index (χ2v) is 7.29. The molecule has 27 heavy (non-hydrogen) atoms. The van der Waals surface area contributed by atoms with Gasteiger partial charge in [0.25, 0.3) is 5.91 Å². The number of furan rings is 1. The Hall–Kier alpha value is -2.06. The van der Waals surface area contributed by atoms with Crippen molar-refractivity contribution >= 4 is 11.9 Å². The van der Waals surface area contributed by atoms with Crippen LogP contribution >= 0.6 is 0 Å². The third-order valence-electron chi connectivity index (χ3n) is 5.61. The molecule has 1 amide bonds. The molecular weight excluding hydrogens is 346 g/mol. The summed E-state index contributed by atoms with van der Waals surface area (Å²) < 4.78 is 11.0. The summed E-state index contributed by atoms with van der Waals surface area (Å²) in [6, 6.07) is 3.34. The van der Waals surface area contributed by atoms with Gasteiger partial charge >= 0.3 is 0 Å². The van der Waals surface area contributed by atoms with E-state index in [0.29, 0.717) is 12.3 Å². The third kappa shape index (κ3) is 5.01. The molecule has 1 aliphatic carbocycles. The number of carbonyl (C=O) groups excluding carboxylic acids is 1. The Morgan fingerprint density at radius 1 is 1.22 bits per heavy atom. The molecule has 4 N–H and O–H groups in total. The fourth-order valence-corrected chi connectivity index (χ4v) is 4.10. The fraction of sp³-hybridized carbons (Fsp3) is 0.684. The number of hydrogen-bond acceptors (Lipinski definition) is 5. The van der Waals surface area contributed by atoms with Crippen LogP contribution in [0.25, 0.3) is 0 Å². The van der Waals surface area contributed by atoms with E-state index in [0.717, 1.165) is 38.8 Å².